The van der Waals surface area contributed by atoms with Gasteiger partial charge >= 0.3 is 0 Å². The lowest BCUT2D eigenvalue weighted by molar-refractivity contribution is 0.362. The highest BCUT2D eigenvalue weighted by Crippen LogP contribution is 2.36. The summed E-state index contributed by atoms with van der Waals surface area (Å²) < 4.78 is 1.60. The van der Waals surface area contributed by atoms with Crippen molar-refractivity contribution in [2.24, 2.45) is 0 Å². The Morgan fingerprint density at radius 1 is 0.905 bits per heavy atom. The summed E-state index contributed by atoms with van der Waals surface area (Å²) in [5.41, 5.74) is 1.62. The molecule has 2 aromatic rings. The van der Waals surface area contributed by atoms with Gasteiger partial charge in [0, 0.05) is 18.2 Å². The van der Waals surface area contributed by atoms with Gasteiger partial charge in [0.25, 0.3) is 0 Å². The third-order valence-electron chi connectivity index (χ3n) is 3.87. The van der Waals surface area contributed by atoms with E-state index in [4.69, 9.17) is 0 Å². The van der Waals surface area contributed by atoms with Crippen LogP contribution in [0.25, 0.3) is 11.1 Å². The fourth-order valence-corrected chi connectivity index (χ4v) is 2.63. The molecular formula is C18H25NO2. The number of benzene rings is 1. The highest BCUT2D eigenvalue weighted by molar-refractivity contribution is 5.70. The van der Waals surface area contributed by atoms with Gasteiger partial charge in [0.15, 0.2) is 5.88 Å². The van der Waals surface area contributed by atoms with E-state index in [9.17, 15) is 10.2 Å². The number of hydrogen-bond acceptors (Lipinski definition) is 2. The number of rotatable bonds is 8. The van der Waals surface area contributed by atoms with Crippen LogP contribution in [-0.4, -0.2) is 14.8 Å². The quantitative estimate of drug-likeness (QED) is 0.676. The van der Waals surface area contributed by atoms with Crippen LogP contribution in [0.1, 0.15) is 45.4 Å². The molecule has 3 heteroatoms. The largest absolute Gasteiger partial charge is 0.494 e. The maximum Gasteiger partial charge on any atom is 0.202 e. The molecule has 1 heterocycles. The average molecular weight is 287 g/mol. The van der Waals surface area contributed by atoms with E-state index in [2.05, 4.69) is 6.92 Å². The summed E-state index contributed by atoms with van der Waals surface area (Å²) in [6.45, 7) is 2.87. The molecule has 0 fully saturated rings. The minimum atomic E-state index is 0.139. The van der Waals surface area contributed by atoms with Crippen LogP contribution >= 0.6 is 0 Å². The topological polar surface area (TPSA) is 45.4 Å². The van der Waals surface area contributed by atoms with Crippen molar-refractivity contribution in [1.29, 1.82) is 0 Å². The van der Waals surface area contributed by atoms with Crippen LogP contribution in [0.5, 0.6) is 11.8 Å². The molecule has 114 valence electrons. The zero-order valence-corrected chi connectivity index (χ0v) is 12.8. The zero-order valence-electron chi connectivity index (χ0n) is 12.8. The van der Waals surface area contributed by atoms with Gasteiger partial charge in [0.1, 0.15) is 0 Å². The van der Waals surface area contributed by atoms with E-state index < -0.39 is 0 Å². The molecule has 0 atom stereocenters. The summed E-state index contributed by atoms with van der Waals surface area (Å²) in [5, 5.41) is 20.3. The Balaban J connectivity index is 1.96. The van der Waals surface area contributed by atoms with Gasteiger partial charge in [-0.05, 0) is 12.0 Å². The maximum absolute atomic E-state index is 10.3. The smallest absolute Gasteiger partial charge is 0.202 e. The molecule has 0 radical (unpaired) electrons. The molecule has 0 saturated carbocycles. The van der Waals surface area contributed by atoms with Crippen LogP contribution in [0.4, 0.5) is 0 Å². The first-order valence-corrected chi connectivity index (χ1v) is 7.91. The lowest BCUT2D eigenvalue weighted by atomic mass is 10.1. The number of aromatic hydroxyl groups is 2. The number of unbranched alkanes of at least 4 members (excludes halogenated alkanes) is 5. The lowest BCUT2D eigenvalue weighted by Crippen LogP contribution is -1.96. The van der Waals surface area contributed by atoms with Gasteiger partial charge < -0.3 is 10.2 Å². The van der Waals surface area contributed by atoms with Crippen LogP contribution in [0.2, 0.25) is 0 Å². The van der Waals surface area contributed by atoms with E-state index >= 15 is 0 Å². The van der Waals surface area contributed by atoms with Crippen molar-refractivity contribution in [2.75, 3.05) is 0 Å². The predicted molar refractivity (Wildman–Crippen MR) is 86.6 cm³/mol. The second kappa shape index (κ2) is 7.77. The van der Waals surface area contributed by atoms with E-state index in [1.165, 1.54) is 25.7 Å². The molecule has 0 aliphatic carbocycles. The first kappa shape index (κ1) is 15.5. The molecular weight excluding hydrogens is 262 g/mol. The molecule has 1 aromatic heterocycles. The normalized spacial score (nSPS) is 10.9. The van der Waals surface area contributed by atoms with Crippen molar-refractivity contribution >= 4 is 0 Å². The third-order valence-corrected chi connectivity index (χ3v) is 3.87. The minimum Gasteiger partial charge on any atom is -0.494 e. The van der Waals surface area contributed by atoms with Crippen LogP contribution in [-0.2, 0) is 6.54 Å². The first-order valence-electron chi connectivity index (χ1n) is 7.91. The SMILES string of the molecule is CCCCCCCCn1c(O)cc(-c2ccccc2)c1O. The number of nitrogens with zero attached hydrogens (tertiary/aromatic N) is 1. The standard InChI is InChI=1S/C18H25NO2/c1-2-3-4-5-6-10-13-19-17(20)14-16(18(19)21)15-11-8-7-9-12-15/h7-9,11-12,14,20-21H,2-6,10,13H2,1H3. The third kappa shape index (κ3) is 4.03. The molecule has 0 saturated heterocycles. The fourth-order valence-electron chi connectivity index (χ4n) is 2.63. The highest BCUT2D eigenvalue weighted by Gasteiger charge is 2.14. The average Bonchev–Trinajstić information content (AvgIpc) is 2.79. The van der Waals surface area contributed by atoms with E-state index in [1.807, 2.05) is 30.3 Å². The Morgan fingerprint density at radius 2 is 1.57 bits per heavy atom. The summed E-state index contributed by atoms with van der Waals surface area (Å²) in [5.74, 6) is 0.298. The summed E-state index contributed by atoms with van der Waals surface area (Å²) in [6.07, 6.45) is 7.15. The number of hydrogen-bond donors (Lipinski definition) is 2. The Labute approximate surface area is 126 Å². The molecule has 0 aliphatic heterocycles. The van der Waals surface area contributed by atoms with Crippen molar-refractivity contribution in [2.45, 2.75) is 52.0 Å². The maximum atomic E-state index is 10.3. The van der Waals surface area contributed by atoms with E-state index in [-0.39, 0.29) is 11.8 Å². The molecule has 0 amide bonds. The lowest BCUT2D eigenvalue weighted by Gasteiger charge is -2.07. The van der Waals surface area contributed by atoms with Gasteiger partial charge in [-0.1, -0.05) is 69.4 Å². The van der Waals surface area contributed by atoms with Gasteiger partial charge in [-0.15, -0.1) is 0 Å². The molecule has 0 bridgehead atoms. The van der Waals surface area contributed by atoms with Crippen molar-refractivity contribution < 1.29 is 10.2 Å². The highest BCUT2D eigenvalue weighted by atomic mass is 16.3. The Bertz CT molecular complexity index is 546. The summed E-state index contributed by atoms with van der Waals surface area (Å²) >= 11 is 0. The van der Waals surface area contributed by atoms with Crippen molar-refractivity contribution in [3.63, 3.8) is 0 Å². The number of aromatic nitrogens is 1. The van der Waals surface area contributed by atoms with E-state index in [0.717, 1.165) is 18.4 Å². The van der Waals surface area contributed by atoms with Crippen molar-refractivity contribution in [3.05, 3.63) is 36.4 Å². The summed E-state index contributed by atoms with van der Waals surface area (Å²) in [7, 11) is 0. The Morgan fingerprint density at radius 3 is 2.29 bits per heavy atom. The molecule has 2 rings (SSSR count). The second-order valence-corrected chi connectivity index (χ2v) is 5.53. The van der Waals surface area contributed by atoms with Crippen molar-refractivity contribution in [1.82, 2.24) is 4.57 Å². The molecule has 1 aromatic carbocycles. The van der Waals surface area contributed by atoms with Gasteiger partial charge in [-0.25, -0.2) is 0 Å². The van der Waals surface area contributed by atoms with Gasteiger partial charge in [0.2, 0.25) is 5.88 Å². The monoisotopic (exact) mass is 287 g/mol. The first-order chi connectivity index (χ1) is 10.2. The second-order valence-electron chi connectivity index (χ2n) is 5.53. The molecule has 2 N–H and O–H groups in total. The van der Waals surface area contributed by atoms with Gasteiger partial charge in [-0.2, -0.15) is 0 Å². The Kier molecular flexibility index (Phi) is 5.73. The molecule has 0 aliphatic rings. The van der Waals surface area contributed by atoms with Crippen molar-refractivity contribution in [3.8, 4) is 22.9 Å². The van der Waals surface area contributed by atoms with Crippen LogP contribution < -0.4 is 0 Å². The molecule has 0 spiro atoms. The van der Waals surface area contributed by atoms with E-state index in [0.29, 0.717) is 12.1 Å². The molecule has 3 nitrogen and oxygen atoms in total. The van der Waals surface area contributed by atoms with Crippen LogP contribution in [0, 0.1) is 0 Å². The van der Waals surface area contributed by atoms with Crippen LogP contribution in [0.15, 0.2) is 36.4 Å². The van der Waals surface area contributed by atoms with Gasteiger partial charge in [0.05, 0.1) is 0 Å². The molecule has 21 heavy (non-hydrogen) atoms. The predicted octanol–water partition coefficient (Wildman–Crippen LogP) is 4.93. The summed E-state index contributed by atoms with van der Waals surface area (Å²) in [6, 6.07) is 11.3. The summed E-state index contributed by atoms with van der Waals surface area (Å²) in [4.78, 5) is 0. The molecule has 0 unspecified atom stereocenters. The van der Waals surface area contributed by atoms with Gasteiger partial charge in [-0.3, -0.25) is 4.57 Å². The zero-order chi connectivity index (χ0) is 15.1. The fraction of sp³-hybridized carbons (Fsp3) is 0.444. The van der Waals surface area contributed by atoms with E-state index in [1.54, 1.807) is 10.6 Å². The van der Waals surface area contributed by atoms with Crippen LogP contribution in [0.3, 0.4) is 0 Å². The minimum absolute atomic E-state index is 0.139. The Hall–Kier alpha value is -1.90.